The van der Waals surface area contributed by atoms with Crippen molar-refractivity contribution in [3.8, 4) is 11.8 Å². The highest BCUT2D eigenvalue weighted by molar-refractivity contribution is 5.35. The first-order valence-corrected chi connectivity index (χ1v) is 7.40. The van der Waals surface area contributed by atoms with Gasteiger partial charge >= 0.3 is 0 Å². The van der Waals surface area contributed by atoms with E-state index in [9.17, 15) is 5.26 Å². The predicted octanol–water partition coefficient (Wildman–Crippen LogP) is 3.86. The second-order valence-electron chi connectivity index (χ2n) is 5.44. The minimum absolute atomic E-state index is 0.416. The molecular weight excluding hydrogens is 248 g/mol. The average Bonchev–Trinajstić information content (AvgIpc) is 2.48. The van der Waals surface area contributed by atoms with Gasteiger partial charge in [0, 0.05) is 0 Å². The van der Waals surface area contributed by atoms with Gasteiger partial charge in [-0.2, -0.15) is 5.26 Å². The zero-order valence-electron chi connectivity index (χ0n) is 13.1. The smallest absolute Gasteiger partial charge is 0.122 e. The summed E-state index contributed by atoms with van der Waals surface area (Å²) in [7, 11) is 1.85. The van der Waals surface area contributed by atoms with Gasteiger partial charge in [0.1, 0.15) is 11.3 Å². The van der Waals surface area contributed by atoms with Crippen molar-refractivity contribution in [2.24, 2.45) is 0 Å². The van der Waals surface area contributed by atoms with Crippen molar-refractivity contribution in [3.63, 3.8) is 0 Å². The Balaban J connectivity index is 2.52. The number of hydrogen-bond acceptors (Lipinski definition) is 3. The number of ether oxygens (including phenoxy) is 1. The van der Waals surface area contributed by atoms with E-state index in [0.717, 1.165) is 25.0 Å². The Morgan fingerprint density at radius 1 is 1.35 bits per heavy atom. The van der Waals surface area contributed by atoms with E-state index in [2.05, 4.69) is 31.3 Å². The second kappa shape index (κ2) is 7.91. The van der Waals surface area contributed by atoms with Crippen LogP contribution in [0.15, 0.2) is 24.3 Å². The van der Waals surface area contributed by atoms with E-state index in [4.69, 9.17) is 4.74 Å². The first kappa shape index (κ1) is 16.5. The van der Waals surface area contributed by atoms with Crippen LogP contribution >= 0.6 is 0 Å². The van der Waals surface area contributed by atoms with Crippen LogP contribution in [0.4, 0.5) is 0 Å². The van der Waals surface area contributed by atoms with Gasteiger partial charge in [-0.3, -0.25) is 0 Å². The lowest BCUT2D eigenvalue weighted by Gasteiger charge is -2.24. The summed E-state index contributed by atoms with van der Waals surface area (Å²) < 4.78 is 5.89. The van der Waals surface area contributed by atoms with E-state index in [1.54, 1.807) is 0 Å². The summed E-state index contributed by atoms with van der Waals surface area (Å²) in [6, 6.07) is 10.5. The van der Waals surface area contributed by atoms with Gasteiger partial charge in [0.2, 0.25) is 0 Å². The van der Waals surface area contributed by atoms with Crippen LogP contribution in [0.25, 0.3) is 0 Å². The molecule has 0 aliphatic carbocycles. The molecule has 1 N–H and O–H groups in total. The largest absolute Gasteiger partial charge is 0.493 e. The number of para-hydroxylation sites is 1. The Labute approximate surface area is 123 Å². The van der Waals surface area contributed by atoms with Crippen molar-refractivity contribution in [2.45, 2.75) is 51.5 Å². The molecule has 3 heteroatoms. The van der Waals surface area contributed by atoms with Gasteiger partial charge in [-0.1, -0.05) is 39.0 Å². The lowest BCUT2D eigenvalue weighted by Crippen LogP contribution is -2.41. The molecule has 0 spiro atoms. The highest BCUT2D eigenvalue weighted by Gasteiger charge is 2.24. The van der Waals surface area contributed by atoms with Gasteiger partial charge < -0.3 is 10.1 Å². The van der Waals surface area contributed by atoms with Crippen molar-refractivity contribution >= 4 is 0 Å². The highest BCUT2D eigenvalue weighted by atomic mass is 16.5. The van der Waals surface area contributed by atoms with Gasteiger partial charge in [0.15, 0.2) is 0 Å². The number of nitrogens with one attached hydrogen (secondary N) is 1. The highest BCUT2D eigenvalue weighted by Crippen LogP contribution is 2.26. The molecule has 0 saturated heterocycles. The summed E-state index contributed by atoms with van der Waals surface area (Å²) in [5, 5.41) is 12.4. The van der Waals surface area contributed by atoms with Crippen molar-refractivity contribution < 1.29 is 4.74 Å². The molecule has 1 rings (SSSR count). The SMILES string of the molecule is CCC(C#N)(CCCOc1ccccc1C(C)C)NC. The summed E-state index contributed by atoms with van der Waals surface area (Å²) in [6.07, 6.45) is 2.48. The third-order valence-corrected chi connectivity index (χ3v) is 3.84. The number of nitrogens with zero attached hydrogens (tertiary/aromatic N) is 1. The van der Waals surface area contributed by atoms with Gasteiger partial charge in [0.05, 0.1) is 12.7 Å². The molecular formula is C17H26N2O. The molecule has 1 atom stereocenters. The van der Waals surface area contributed by atoms with E-state index in [1.807, 2.05) is 32.2 Å². The van der Waals surface area contributed by atoms with Crippen LogP contribution in [0, 0.1) is 11.3 Å². The van der Waals surface area contributed by atoms with Crippen LogP contribution in [-0.2, 0) is 0 Å². The Kier molecular flexibility index (Phi) is 6.54. The van der Waals surface area contributed by atoms with Crippen LogP contribution in [0.2, 0.25) is 0 Å². The fraction of sp³-hybridized carbons (Fsp3) is 0.588. The van der Waals surface area contributed by atoms with Gasteiger partial charge in [-0.25, -0.2) is 0 Å². The molecule has 0 heterocycles. The monoisotopic (exact) mass is 274 g/mol. The Hall–Kier alpha value is -1.53. The minimum Gasteiger partial charge on any atom is -0.493 e. The third-order valence-electron chi connectivity index (χ3n) is 3.84. The lowest BCUT2D eigenvalue weighted by molar-refractivity contribution is 0.278. The normalized spacial score (nSPS) is 13.8. The zero-order valence-corrected chi connectivity index (χ0v) is 13.1. The van der Waals surface area contributed by atoms with Crippen molar-refractivity contribution in [1.29, 1.82) is 5.26 Å². The van der Waals surface area contributed by atoms with E-state index < -0.39 is 5.54 Å². The third kappa shape index (κ3) is 4.25. The number of nitriles is 1. The molecule has 0 radical (unpaired) electrons. The van der Waals surface area contributed by atoms with Gasteiger partial charge in [-0.05, 0) is 43.9 Å². The molecule has 1 unspecified atom stereocenters. The molecule has 110 valence electrons. The average molecular weight is 274 g/mol. The fourth-order valence-corrected chi connectivity index (χ4v) is 2.31. The van der Waals surface area contributed by atoms with Crippen LogP contribution in [0.5, 0.6) is 5.75 Å². The molecule has 3 nitrogen and oxygen atoms in total. The first-order valence-electron chi connectivity index (χ1n) is 7.40. The fourth-order valence-electron chi connectivity index (χ4n) is 2.31. The van der Waals surface area contributed by atoms with Gasteiger partial charge in [-0.15, -0.1) is 0 Å². The molecule has 1 aromatic rings. The van der Waals surface area contributed by atoms with E-state index in [-0.39, 0.29) is 0 Å². The standard InChI is InChI=1S/C17H26N2O/c1-5-17(13-18,19-4)11-8-12-20-16-10-7-6-9-15(16)14(2)3/h6-7,9-10,14,19H,5,8,11-12H2,1-4H3. The van der Waals surface area contributed by atoms with Crippen LogP contribution < -0.4 is 10.1 Å². The molecule has 20 heavy (non-hydrogen) atoms. The maximum absolute atomic E-state index is 9.26. The maximum Gasteiger partial charge on any atom is 0.122 e. The Bertz CT molecular complexity index is 445. The van der Waals surface area contributed by atoms with Crippen LogP contribution in [0.1, 0.15) is 51.5 Å². The summed E-state index contributed by atoms with van der Waals surface area (Å²) in [5.41, 5.74) is 0.823. The summed E-state index contributed by atoms with van der Waals surface area (Å²) >= 11 is 0. The lowest BCUT2D eigenvalue weighted by atomic mass is 9.92. The first-order chi connectivity index (χ1) is 9.58. The molecule has 0 saturated carbocycles. The number of hydrogen-bond donors (Lipinski definition) is 1. The van der Waals surface area contributed by atoms with Crippen LogP contribution in [-0.4, -0.2) is 19.2 Å². The van der Waals surface area contributed by atoms with Gasteiger partial charge in [0.25, 0.3) is 0 Å². The minimum atomic E-state index is -0.416. The molecule has 0 aliphatic rings. The number of benzene rings is 1. The Morgan fingerprint density at radius 2 is 2.05 bits per heavy atom. The second-order valence-corrected chi connectivity index (χ2v) is 5.44. The maximum atomic E-state index is 9.26. The van der Waals surface area contributed by atoms with E-state index >= 15 is 0 Å². The zero-order chi connectivity index (χ0) is 15.0. The topological polar surface area (TPSA) is 45.0 Å². The number of rotatable bonds is 8. The summed E-state index contributed by atoms with van der Waals surface area (Å²) in [4.78, 5) is 0. The van der Waals surface area contributed by atoms with E-state index in [0.29, 0.717) is 12.5 Å². The van der Waals surface area contributed by atoms with Crippen molar-refractivity contribution in [1.82, 2.24) is 5.32 Å². The predicted molar refractivity (Wildman–Crippen MR) is 83.0 cm³/mol. The summed E-state index contributed by atoms with van der Waals surface area (Å²) in [6.45, 7) is 7.02. The molecule has 0 aliphatic heterocycles. The Morgan fingerprint density at radius 3 is 2.60 bits per heavy atom. The van der Waals surface area contributed by atoms with Crippen molar-refractivity contribution in [2.75, 3.05) is 13.7 Å². The quantitative estimate of drug-likeness (QED) is 0.732. The van der Waals surface area contributed by atoms with Crippen molar-refractivity contribution in [3.05, 3.63) is 29.8 Å². The van der Waals surface area contributed by atoms with E-state index in [1.165, 1.54) is 5.56 Å². The summed E-state index contributed by atoms with van der Waals surface area (Å²) in [5.74, 6) is 1.42. The molecule has 0 fully saturated rings. The molecule has 1 aromatic carbocycles. The van der Waals surface area contributed by atoms with Crippen LogP contribution in [0.3, 0.4) is 0 Å². The molecule has 0 bridgehead atoms. The molecule has 0 aromatic heterocycles. The molecule has 0 amide bonds.